The van der Waals surface area contributed by atoms with Crippen LogP contribution in [0.2, 0.25) is 0 Å². The first-order valence-corrected chi connectivity index (χ1v) is 6.14. The van der Waals surface area contributed by atoms with Crippen molar-refractivity contribution in [3.63, 3.8) is 0 Å². The van der Waals surface area contributed by atoms with Gasteiger partial charge in [0.2, 0.25) is 11.8 Å². The number of nitrogens with zero attached hydrogens (tertiary/aromatic N) is 2. The molecule has 92 valence electrons. The van der Waals surface area contributed by atoms with Crippen molar-refractivity contribution in [2.24, 2.45) is 0 Å². The maximum atomic E-state index is 11.7. The number of amides is 1. The number of benzene rings is 1. The zero-order valence-corrected chi connectivity index (χ0v) is 10.3. The number of carbonyl (C=O) groups is 1. The van der Waals surface area contributed by atoms with Crippen molar-refractivity contribution in [3.8, 4) is 11.3 Å². The van der Waals surface area contributed by atoms with E-state index in [1.54, 1.807) is 6.07 Å². The van der Waals surface area contributed by atoms with Crippen molar-refractivity contribution in [1.82, 2.24) is 5.16 Å². The number of carbonyl (C=O) groups excluding carboxylic acids is 1. The van der Waals surface area contributed by atoms with Gasteiger partial charge in [-0.2, -0.15) is 0 Å². The lowest BCUT2D eigenvalue weighted by Gasteiger charge is -2.09. The summed E-state index contributed by atoms with van der Waals surface area (Å²) >= 11 is 5.95. The standard InChI is InChI=1S/C13H11ClN2O2/c14-10-6-12(17)16(8-10)13-7-11(15-18-13)9-4-2-1-3-5-9/h1-5,7,10H,6,8H2. The molecule has 1 aliphatic rings. The summed E-state index contributed by atoms with van der Waals surface area (Å²) in [6.07, 6.45) is 0.350. The van der Waals surface area contributed by atoms with Gasteiger partial charge in [-0.25, -0.2) is 0 Å². The van der Waals surface area contributed by atoms with E-state index in [4.69, 9.17) is 16.1 Å². The highest BCUT2D eigenvalue weighted by atomic mass is 35.5. The fraction of sp³-hybridized carbons (Fsp3) is 0.231. The third kappa shape index (κ3) is 1.99. The summed E-state index contributed by atoms with van der Waals surface area (Å²) in [5.74, 6) is 0.438. The first-order chi connectivity index (χ1) is 8.74. The second kappa shape index (κ2) is 4.46. The van der Waals surface area contributed by atoms with Gasteiger partial charge in [-0.15, -0.1) is 11.6 Å². The van der Waals surface area contributed by atoms with Gasteiger partial charge in [-0.05, 0) is 0 Å². The Balaban J connectivity index is 1.88. The number of alkyl halides is 1. The Hall–Kier alpha value is -1.81. The quantitative estimate of drug-likeness (QED) is 0.782. The smallest absolute Gasteiger partial charge is 0.234 e. The molecule has 2 aromatic rings. The number of hydrogen-bond donors (Lipinski definition) is 0. The Morgan fingerprint density at radius 1 is 1.33 bits per heavy atom. The molecule has 1 amide bonds. The molecule has 1 aromatic carbocycles. The first kappa shape index (κ1) is 11.3. The van der Waals surface area contributed by atoms with Gasteiger partial charge in [-0.1, -0.05) is 35.5 Å². The van der Waals surface area contributed by atoms with Gasteiger partial charge in [0.1, 0.15) is 5.69 Å². The van der Waals surface area contributed by atoms with Crippen LogP contribution in [0.15, 0.2) is 40.9 Å². The summed E-state index contributed by atoms with van der Waals surface area (Å²) in [5, 5.41) is 3.83. The molecule has 0 spiro atoms. The molecule has 0 aliphatic carbocycles. The van der Waals surface area contributed by atoms with Crippen molar-refractivity contribution in [2.75, 3.05) is 11.4 Å². The minimum Gasteiger partial charge on any atom is -0.338 e. The highest BCUT2D eigenvalue weighted by Crippen LogP contribution is 2.28. The molecule has 1 saturated heterocycles. The van der Waals surface area contributed by atoms with Crippen LogP contribution in [0.1, 0.15) is 6.42 Å². The second-order valence-corrected chi connectivity index (χ2v) is 4.84. The van der Waals surface area contributed by atoms with E-state index in [2.05, 4.69) is 5.16 Å². The van der Waals surface area contributed by atoms with E-state index in [1.807, 2.05) is 30.3 Å². The molecule has 1 aromatic heterocycles. The van der Waals surface area contributed by atoms with Gasteiger partial charge in [0.25, 0.3) is 0 Å². The SMILES string of the molecule is O=C1CC(Cl)CN1c1cc(-c2ccccc2)no1. The van der Waals surface area contributed by atoms with Crippen LogP contribution in [0, 0.1) is 0 Å². The number of hydrogen-bond acceptors (Lipinski definition) is 3. The number of rotatable bonds is 2. The fourth-order valence-corrected chi connectivity index (χ4v) is 2.28. The van der Waals surface area contributed by atoms with Crippen LogP contribution in [0.5, 0.6) is 0 Å². The third-order valence-electron chi connectivity index (χ3n) is 2.91. The van der Waals surface area contributed by atoms with Crippen LogP contribution in [0.25, 0.3) is 11.3 Å². The molecule has 0 bridgehead atoms. The molecular weight excluding hydrogens is 252 g/mol. The number of aromatic nitrogens is 1. The summed E-state index contributed by atoms with van der Waals surface area (Å²) in [6.45, 7) is 0.476. The molecule has 0 radical (unpaired) electrons. The highest BCUT2D eigenvalue weighted by molar-refractivity contribution is 6.24. The van der Waals surface area contributed by atoms with E-state index in [-0.39, 0.29) is 11.3 Å². The maximum absolute atomic E-state index is 11.7. The molecule has 3 rings (SSSR count). The molecule has 1 unspecified atom stereocenters. The van der Waals surface area contributed by atoms with Gasteiger partial charge in [0.15, 0.2) is 0 Å². The molecule has 4 nitrogen and oxygen atoms in total. The van der Waals surface area contributed by atoms with Crippen LogP contribution in [-0.4, -0.2) is 23.0 Å². The summed E-state index contributed by atoms with van der Waals surface area (Å²) in [4.78, 5) is 13.2. The molecule has 1 atom stereocenters. The Bertz CT molecular complexity index is 567. The predicted octanol–water partition coefficient (Wildman–Crippen LogP) is 2.69. The molecule has 0 saturated carbocycles. The zero-order chi connectivity index (χ0) is 12.5. The lowest BCUT2D eigenvalue weighted by Crippen LogP contribution is -2.23. The molecule has 1 aliphatic heterocycles. The Morgan fingerprint density at radius 2 is 2.11 bits per heavy atom. The lowest BCUT2D eigenvalue weighted by molar-refractivity contribution is -0.117. The lowest BCUT2D eigenvalue weighted by atomic mass is 10.1. The molecule has 18 heavy (non-hydrogen) atoms. The van der Waals surface area contributed by atoms with Crippen LogP contribution in [-0.2, 0) is 4.79 Å². The molecule has 0 N–H and O–H groups in total. The van der Waals surface area contributed by atoms with Gasteiger partial charge >= 0.3 is 0 Å². The van der Waals surface area contributed by atoms with Gasteiger partial charge in [-0.3, -0.25) is 9.69 Å². The van der Waals surface area contributed by atoms with Crippen LogP contribution in [0.4, 0.5) is 5.88 Å². The predicted molar refractivity (Wildman–Crippen MR) is 68.6 cm³/mol. The first-order valence-electron chi connectivity index (χ1n) is 5.70. The molecule has 5 heteroatoms. The zero-order valence-electron chi connectivity index (χ0n) is 9.54. The van der Waals surface area contributed by atoms with Crippen LogP contribution >= 0.6 is 11.6 Å². The van der Waals surface area contributed by atoms with Crippen LogP contribution in [0.3, 0.4) is 0 Å². The Kier molecular flexibility index (Phi) is 2.80. The maximum Gasteiger partial charge on any atom is 0.234 e. The van der Waals surface area contributed by atoms with E-state index >= 15 is 0 Å². The monoisotopic (exact) mass is 262 g/mol. The number of halogens is 1. The summed E-state index contributed by atoms with van der Waals surface area (Å²) < 4.78 is 5.22. The minimum atomic E-state index is -0.150. The number of anilines is 1. The van der Waals surface area contributed by atoms with E-state index in [1.165, 1.54) is 4.90 Å². The largest absolute Gasteiger partial charge is 0.338 e. The highest BCUT2D eigenvalue weighted by Gasteiger charge is 2.31. The molecular formula is C13H11ClN2O2. The van der Waals surface area contributed by atoms with Crippen LogP contribution < -0.4 is 4.90 Å². The average Bonchev–Trinajstić information content (AvgIpc) is 2.97. The van der Waals surface area contributed by atoms with E-state index in [0.29, 0.717) is 18.8 Å². The van der Waals surface area contributed by atoms with Gasteiger partial charge < -0.3 is 4.52 Å². The molecule has 2 heterocycles. The van der Waals surface area contributed by atoms with E-state index in [9.17, 15) is 4.79 Å². The topological polar surface area (TPSA) is 46.3 Å². The Labute approximate surface area is 109 Å². The van der Waals surface area contributed by atoms with Crippen molar-refractivity contribution in [2.45, 2.75) is 11.8 Å². The fourth-order valence-electron chi connectivity index (χ4n) is 2.01. The molecule has 1 fully saturated rings. The third-order valence-corrected chi connectivity index (χ3v) is 3.20. The second-order valence-electron chi connectivity index (χ2n) is 4.22. The van der Waals surface area contributed by atoms with E-state index in [0.717, 1.165) is 11.3 Å². The van der Waals surface area contributed by atoms with Crippen molar-refractivity contribution in [3.05, 3.63) is 36.4 Å². The van der Waals surface area contributed by atoms with E-state index < -0.39 is 0 Å². The normalized spacial score (nSPS) is 19.5. The van der Waals surface area contributed by atoms with Crippen molar-refractivity contribution < 1.29 is 9.32 Å². The van der Waals surface area contributed by atoms with Crippen molar-refractivity contribution in [1.29, 1.82) is 0 Å². The van der Waals surface area contributed by atoms with Gasteiger partial charge in [0, 0.05) is 24.6 Å². The van der Waals surface area contributed by atoms with Crippen molar-refractivity contribution >= 4 is 23.4 Å². The summed E-state index contributed by atoms with van der Waals surface area (Å²) in [7, 11) is 0. The minimum absolute atomic E-state index is 0.0224. The summed E-state index contributed by atoms with van der Waals surface area (Å²) in [6, 6.07) is 11.4. The summed E-state index contributed by atoms with van der Waals surface area (Å²) in [5.41, 5.74) is 1.68. The van der Waals surface area contributed by atoms with Gasteiger partial charge in [0.05, 0.1) is 5.38 Å². The Morgan fingerprint density at radius 3 is 2.78 bits per heavy atom. The average molecular weight is 263 g/mol.